The van der Waals surface area contributed by atoms with E-state index in [0.29, 0.717) is 18.7 Å². The number of thioether (sulfide) groups is 1. The first-order chi connectivity index (χ1) is 10.5. The van der Waals surface area contributed by atoms with Crippen LogP contribution in [0.25, 0.3) is 0 Å². The molecule has 2 aliphatic rings. The van der Waals surface area contributed by atoms with Crippen LogP contribution >= 0.6 is 11.8 Å². The van der Waals surface area contributed by atoms with Crippen molar-refractivity contribution in [3.63, 3.8) is 0 Å². The zero-order valence-electron chi connectivity index (χ0n) is 13.0. The van der Waals surface area contributed by atoms with Crippen LogP contribution in [0.4, 0.5) is 0 Å². The lowest BCUT2D eigenvalue weighted by molar-refractivity contribution is -0.126. The molecule has 2 atom stereocenters. The average molecular weight is 320 g/mol. The van der Waals surface area contributed by atoms with E-state index in [-0.39, 0.29) is 21.9 Å². The van der Waals surface area contributed by atoms with Gasteiger partial charge in [0.15, 0.2) is 0 Å². The zero-order valence-corrected chi connectivity index (χ0v) is 13.8. The fourth-order valence-electron chi connectivity index (χ4n) is 3.18. The number of carbonyl (C=O) groups excluding carboxylic acids is 2. The molecule has 0 saturated carbocycles. The predicted octanol–water partition coefficient (Wildman–Crippen LogP) is 1.80. The topological polar surface area (TPSA) is 58.6 Å². The van der Waals surface area contributed by atoms with Crippen LogP contribution in [0.2, 0.25) is 0 Å². The number of fused-ring (bicyclic) bond motifs is 3. The molecule has 118 valence electrons. The number of amides is 2. The number of methoxy groups -OCH3 is 1. The highest BCUT2D eigenvalue weighted by Gasteiger charge is 2.57. The van der Waals surface area contributed by atoms with Crippen molar-refractivity contribution < 1.29 is 14.3 Å². The van der Waals surface area contributed by atoms with Gasteiger partial charge in [0.25, 0.3) is 5.91 Å². The van der Waals surface area contributed by atoms with Crippen molar-refractivity contribution in [1.29, 1.82) is 0 Å². The molecule has 1 aromatic carbocycles. The lowest BCUT2D eigenvalue weighted by Crippen LogP contribution is -2.52. The van der Waals surface area contributed by atoms with Crippen molar-refractivity contribution in [1.82, 2.24) is 10.2 Å². The molecule has 5 nitrogen and oxygen atoms in total. The number of nitrogens with zero attached hydrogens (tertiary/aromatic N) is 1. The Morgan fingerprint density at radius 1 is 1.41 bits per heavy atom. The smallest absolute Gasteiger partial charge is 0.256 e. The van der Waals surface area contributed by atoms with Crippen molar-refractivity contribution in [3.8, 4) is 0 Å². The number of carbonyl (C=O) groups is 2. The van der Waals surface area contributed by atoms with Gasteiger partial charge >= 0.3 is 0 Å². The SMILES string of the molecule is COCCNC(=O)[C@H]1N2C(=O)c3ccccc3C2SC1(C)C. The first-order valence-corrected chi connectivity index (χ1v) is 8.21. The second-order valence-corrected chi connectivity index (χ2v) is 7.79. The Morgan fingerprint density at radius 3 is 2.86 bits per heavy atom. The highest BCUT2D eigenvalue weighted by atomic mass is 32.2. The van der Waals surface area contributed by atoms with Crippen LogP contribution in [0.15, 0.2) is 24.3 Å². The Kier molecular flexibility index (Phi) is 3.91. The molecule has 1 saturated heterocycles. The van der Waals surface area contributed by atoms with Crippen LogP contribution in [-0.4, -0.2) is 47.8 Å². The van der Waals surface area contributed by atoms with Gasteiger partial charge in [0.2, 0.25) is 5.91 Å². The molecule has 2 amide bonds. The summed E-state index contributed by atoms with van der Waals surface area (Å²) in [6.07, 6.45) is 0. The summed E-state index contributed by atoms with van der Waals surface area (Å²) in [6.45, 7) is 4.95. The van der Waals surface area contributed by atoms with Crippen molar-refractivity contribution in [3.05, 3.63) is 35.4 Å². The number of ether oxygens (including phenoxy) is 1. The van der Waals surface area contributed by atoms with E-state index >= 15 is 0 Å². The van der Waals surface area contributed by atoms with Gasteiger partial charge in [-0.1, -0.05) is 18.2 Å². The minimum atomic E-state index is -0.473. The van der Waals surface area contributed by atoms with Crippen LogP contribution in [0.5, 0.6) is 0 Å². The molecular formula is C16H20N2O3S. The number of hydrogen-bond donors (Lipinski definition) is 1. The van der Waals surface area contributed by atoms with E-state index in [1.54, 1.807) is 23.8 Å². The van der Waals surface area contributed by atoms with Gasteiger partial charge in [0.05, 0.1) is 6.61 Å². The predicted molar refractivity (Wildman–Crippen MR) is 85.7 cm³/mol. The maximum Gasteiger partial charge on any atom is 0.256 e. The molecule has 22 heavy (non-hydrogen) atoms. The van der Waals surface area contributed by atoms with E-state index < -0.39 is 6.04 Å². The highest BCUT2D eigenvalue weighted by Crippen LogP contribution is 2.56. The third-order valence-electron chi connectivity index (χ3n) is 4.15. The second-order valence-electron chi connectivity index (χ2n) is 6.06. The fraction of sp³-hybridized carbons (Fsp3) is 0.500. The van der Waals surface area contributed by atoms with Crippen LogP contribution < -0.4 is 5.32 Å². The molecule has 0 spiro atoms. The molecule has 0 aromatic heterocycles. The summed E-state index contributed by atoms with van der Waals surface area (Å²) in [6, 6.07) is 7.15. The van der Waals surface area contributed by atoms with Crippen molar-refractivity contribution in [2.24, 2.45) is 0 Å². The normalized spacial score (nSPS) is 25.0. The Bertz CT molecular complexity index is 617. The summed E-state index contributed by atoms with van der Waals surface area (Å²) < 4.78 is 4.64. The zero-order chi connectivity index (χ0) is 15.9. The Hall–Kier alpha value is -1.53. The minimum Gasteiger partial charge on any atom is -0.383 e. The molecule has 3 rings (SSSR count). The summed E-state index contributed by atoms with van der Waals surface area (Å²) in [5.74, 6) is -0.163. The van der Waals surface area contributed by atoms with E-state index in [9.17, 15) is 9.59 Å². The van der Waals surface area contributed by atoms with Crippen LogP contribution in [0, 0.1) is 0 Å². The first kappa shape index (κ1) is 15.4. The third-order valence-corrected chi connectivity index (χ3v) is 5.69. The van der Waals surface area contributed by atoms with Gasteiger partial charge in [-0.3, -0.25) is 9.59 Å². The molecule has 0 aliphatic carbocycles. The van der Waals surface area contributed by atoms with Crippen molar-refractivity contribution in [2.45, 2.75) is 30.0 Å². The summed E-state index contributed by atoms with van der Waals surface area (Å²) in [5, 5.41) is 2.80. The minimum absolute atomic E-state index is 0.0504. The number of hydrogen-bond acceptors (Lipinski definition) is 4. The molecule has 0 radical (unpaired) electrons. The fourth-order valence-corrected chi connectivity index (χ4v) is 4.77. The number of nitrogens with one attached hydrogen (secondary N) is 1. The molecule has 2 aliphatic heterocycles. The summed E-state index contributed by atoms with van der Waals surface area (Å²) >= 11 is 1.67. The van der Waals surface area contributed by atoms with Gasteiger partial charge in [-0.2, -0.15) is 0 Å². The Balaban J connectivity index is 1.89. The molecule has 6 heteroatoms. The Morgan fingerprint density at radius 2 is 2.14 bits per heavy atom. The van der Waals surface area contributed by atoms with Gasteiger partial charge in [0, 0.05) is 24.0 Å². The monoisotopic (exact) mass is 320 g/mol. The summed E-state index contributed by atoms with van der Waals surface area (Å²) in [7, 11) is 1.60. The van der Waals surface area contributed by atoms with E-state index in [2.05, 4.69) is 5.32 Å². The lowest BCUT2D eigenvalue weighted by atomic mass is 10.0. The quantitative estimate of drug-likeness (QED) is 0.860. The van der Waals surface area contributed by atoms with E-state index in [1.165, 1.54) is 0 Å². The van der Waals surface area contributed by atoms with Crippen molar-refractivity contribution >= 4 is 23.6 Å². The van der Waals surface area contributed by atoms with Crippen LogP contribution in [0.3, 0.4) is 0 Å². The number of rotatable bonds is 4. The lowest BCUT2D eigenvalue weighted by Gasteiger charge is -2.29. The van der Waals surface area contributed by atoms with Gasteiger partial charge in [-0.15, -0.1) is 11.8 Å². The van der Waals surface area contributed by atoms with Gasteiger partial charge < -0.3 is 15.0 Å². The van der Waals surface area contributed by atoms with Gasteiger partial charge in [0.1, 0.15) is 11.4 Å². The molecule has 2 heterocycles. The van der Waals surface area contributed by atoms with Crippen LogP contribution in [-0.2, 0) is 9.53 Å². The van der Waals surface area contributed by atoms with Gasteiger partial charge in [-0.05, 0) is 25.5 Å². The highest BCUT2D eigenvalue weighted by molar-refractivity contribution is 8.01. The number of benzene rings is 1. The molecule has 1 aromatic rings. The molecule has 0 bridgehead atoms. The Labute approximate surface area is 134 Å². The maximum atomic E-state index is 12.7. The molecule has 1 unspecified atom stereocenters. The molecular weight excluding hydrogens is 300 g/mol. The van der Waals surface area contributed by atoms with E-state index in [4.69, 9.17) is 4.74 Å². The third kappa shape index (κ3) is 2.30. The molecule has 1 fully saturated rings. The second kappa shape index (κ2) is 5.59. The van der Waals surface area contributed by atoms with E-state index in [1.807, 2.05) is 38.1 Å². The average Bonchev–Trinajstić information content (AvgIpc) is 2.91. The van der Waals surface area contributed by atoms with Crippen LogP contribution in [0.1, 0.15) is 35.1 Å². The maximum absolute atomic E-state index is 12.7. The first-order valence-electron chi connectivity index (χ1n) is 7.33. The largest absolute Gasteiger partial charge is 0.383 e. The van der Waals surface area contributed by atoms with Gasteiger partial charge in [-0.25, -0.2) is 0 Å². The van der Waals surface area contributed by atoms with Crippen molar-refractivity contribution in [2.75, 3.05) is 20.3 Å². The summed E-state index contributed by atoms with van der Waals surface area (Å²) in [5.41, 5.74) is 1.72. The van der Waals surface area contributed by atoms with E-state index in [0.717, 1.165) is 5.56 Å². The standard InChI is InChI=1S/C16H20N2O3S/c1-16(2)12(13(19)17-8-9-21-3)18-14(20)10-6-4-5-7-11(10)15(18)22-16/h4-7,12,15H,8-9H2,1-3H3,(H,17,19)/t12-,15?/m1/s1. The summed E-state index contributed by atoms with van der Waals surface area (Å²) in [4.78, 5) is 27.1. The molecule has 1 N–H and O–H groups in total.